The van der Waals surface area contributed by atoms with Gasteiger partial charge in [-0.25, -0.2) is 9.82 Å². The van der Waals surface area contributed by atoms with E-state index in [9.17, 15) is 9.18 Å². The summed E-state index contributed by atoms with van der Waals surface area (Å²) in [5.74, 6) is 0.309. The first-order valence-corrected chi connectivity index (χ1v) is 8.77. The van der Waals surface area contributed by atoms with Gasteiger partial charge in [0.25, 0.3) is 5.91 Å². The van der Waals surface area contributed by atoms with Crippen molar-refractivity contribution in [3.63, 3.8) is 0 Å². The van der Waals surface area contributed by atoms with Gasteiger partial charge in [-0.3, -0.25) is 4.79 Å². The summed E-state index contributed by atoms with van der Waals surface area (Å²) >= 11 is 1.27. The number of halogens is 1. The molecule has 1 N–H and O–H groups in total. The number of benzene rings is 2. The quantitative estimate of drug-likeness (QED) is 0.412. The SMILES string of the molecule is Cn1c(SCC(=O)N/N=C\c2ccc(F)cc2)nnc1-c1ccccc1. The highest BCUT2D eigenvalue weighted by Crippen LogP contribution is 2.22. The van der Waals surface area contributed by atoms with E-state index < -0.39 is 0 Å². The third-order valence-electron chi connectivity index (χ3n) is 3.47. The van der Waals surface area contributed by atoms with Crippen molar-refractivity contribution in [2.45, 2.75) is 5.16 Å². The van der Waals surface area contributed by atoms with Crippen LogP contribution in [0, 0.1) is 5.82 Å². The molecule has 3 aromatic rings. The third-order valence-corrected chi connectivity index (χ3v) is 4.49. The highest BCUT2D eigenvalue weighted by Gasteiger charge is 2.12. The normalized spacial score (nSPS) is 11.0. The van der Waals surface area contributed by atoms with E-state index in [-0.39, 0.29) is 17.5 Å². The molecule has 0 fully saturated rings. The number of nitrogens with one attached hydrogen (secondary N) is 1. The van der Waals surface area contributed by atoms with Crippen LogP contribution in [-0.4, -0.2) is 32.6 Å². The van der Waals surface area contributed by atoms with Crippen LogP contribution in [0.4, 0.5) is 4.39 Å². The molecule has 6 nitrogen and oxygen atoms in total. The van der Waals surface area contributed by atoms with Gasteiger partial charge < -0.3 is 4.57 Å². The summed E-state index contributed by atoms with van der Waals surface area (Å²) < 4.78 is 14.7. The van der Waals surface area contributed by atoms with Crippen LogP contribution >= 0.6 is 11.8 Å². The molecule has 1 amide bonds. The maximum Gasteiger partial charge on any atom is 0.250 e. The number of hydrogen-bond donors (Lipinski definition) is 1. The van der Waals surface area contributed by atoms with Gasteiger partial charge in [0, 0.05) is 12.6 Å². The molecule has 132 valence electrons. The molecule has 0 aliphatic carbocycles. The molecule has 3 rings (SSSR count). The minimum Gasteiger partial charge on any atom is -0.305 e. The monoisotopic (exact) mass is 369 g/mol. The zero-order valence-corrected chi connectivity index (χ0v) is 14.8. The lowest BCUT2D eigenvalue weighted by molar-refractivity contribution is -0.118. The van der Waals surface area contributed by atoms with Crippen LogP contribution in [-0.2, 0) is 11.8 Å². The first kappa shape index (κ1) is 17.8. The predicted octanol–water partition coefficient (Wildman–Crippen LogP) is 2.86. The van der Waals surface area contributed by atoms with Gasteiger partial charge >= 0.3 is 0 Å². The van der Waals surface area contributed by atoms with E-state index in [0.717, 1.165) is 11.4 Å². The molecular weight excluding hydrogens is 353 g/mol. The van der Waals surface area contributed by atoms with Crippen molar-refractivity contribution in [1.82, 2.24) is 20.2 Å². The summed E-state index contributed by atoms with van der Waals surface area (Å²) in [5, 5.41) is 12.8. The predicted molar refractivity (Wildman–Crippen MR) is 99.3 cm³/mol. The summed E-state index contributed by atoms with van der Waals surface area (Å²) in [7, 11) is 1.86. The van der Waals surface area contributed by atoms with Crippen molar-refractivity contribution in [1.29, 1.82) is 0 Å². The van der Waals surface area contributed by atoms with Gasteiger partial charge in [0.15, 0.2) is 11.0 Å². The number of nitrogens with zero attached hydrogens (tertiary/aromatic N) is 4. The fraction of sp³-hybridized carbons (Fsp3) is 0.111. The number of aromatic nitrogens is 3. The van der Waals surface area contributed by atoms with Crippen LogP contribution in [0.25, 0.3) is 11.4 Å². The minimum atomic E-state index is -0.318. The Morgan fingerprint density at radius 1 is 1.19 bits per heavy atom. The first-order valence-electron chi connectivity index (χ1n) is 7.78. The second-order valence-electron chi connectivity index (χ2n) is 5.36. The zero-order chi connectivity index (χ0) is 18.4. The van der Waals surface area contributed by atoms with Crippen molar-refractivity contribution < 1.29 is 9.18 Å². The fourth-order valence-electron chi connectivity index (χ4n) is 2.17. The van der Waals surface area contributed by atoms with Gasteiger partial charge in [0.2, 0.25) is 0 Å². The van der Waals surface area contributed by atoms with Crippen molar-refractivity contribution in [2.24, 2.45) is 12.1 Å². The van der Waals surface area contributed by atoms with Crippen LogP contribution in [0.2, 0.25) is 0 Å². The Balaban J connectivity index is 1.53. The number of amides is 1. The summed E-state index contributed by atoms with van der Waals surface area (Å²) in [6.07, 6.45) is 1.46. The molecule has 0 bridgehead atoms. The van der Waals surface area contributed by atoms with Crippen LogP contribution in [0.5, 0.6) is 0 Å². The molecule has 8 heteroatoms. The zero-order valence-electron chi connectivity index (χ0n) is 14.0. The summed E-state index contributed by atoms with van der Waals surface area (Å²) in [4.78, 5) is 11.9. The lowest BCUT2D eigenvalue weighted by Gasteiger charge is -2.03. The van der Waals surface area contributed by atoms with E-state index in [4.69, 9.17) is 0 Å². The Morgan fingerprint density at radius 2 is 1.92 bits per heavy atom. The lowest BCUT2D eigenvalue weighted by Crippen LogP contribution is -2.19. The average Bonchev–Trinajstić information content (AvgIpc) is 3.03. The summed E-state index contributed by atoms with van der Waals surface area (Å²) in [6, 6.07) is 15.5. The standard InChI is InChI=1S/C18H16FN5OS/c1-24-17(14-5-3-2-4-6-14)22-23-18(24)26-12-16(25)21-20-11-13-7-9-15(19)10-8-13/h2-11H,12H2,1H3,(H,21,25)/b20-11-. The number of thioether (sulfide) groups is 1. The molecule has 0 atom stereocenters. The van der Waals surface area contributed by atoms with Crippen LogP contribution in [0.1, 0.15) is 5.56 Å². The van der Waals surface area contributed by atoms with Gasteiger partial charge in [-0.1, -0.05) is 54.2 Å². The number of carbonyl (C=O) groups excluding carboxylic acids is 1. The van der Waals surface area contributed by atoms with Crippen molar-refractivity contribution in [3.05, 3.63) is 66.0 Å². The number of hydrazone groups is 1. The molecule has 2 aromatic carbocycles. The van der Waals surface area contributed by atoms with Gasteiger partial charge in [-0.05, 0) is 17.7 Å². The Bertz CT molecular complexity index is 909. The third kappa shape index (κ3) is 4.54. The Kier molecular flexibility index (Phi) is 5.75. The fourth-order valence-corrected chi connectivity index (χ4v) is 2.87. The minimum absolute atomic E-state index is 0.154. The van der Waals surface area contributed by atoms with E-state index in [1.54, 1.807) is 12.1 Å². The largest absolute Gasteiger partial charge is 0.305 e. The highest BCUT2D eigenvalue weighted by atomic mass is 32.2. The van der Waals surface area contributed by atoms with Gasteiger partial charge in [0.05, 0.1) is 12.0 Å². The van der Waals surface area contributed by atoms with E-state index in [1.807, 2.05) is 41.9 Å². The molecule has 0 unspecified atom stereocenters. The Hall–Kier alpha value is -3.00. The van der Waals surface area contributed by atoms with Crippen molar-refractivity contribution in [3.8, 4) is 11.4 Å². The average molecular weight is 369 g/mol. The van der Waals surface area contributed by atoms with Crippen LogP contribution < -0.4 is 5.43 Å². The number of rotatable bonds is 6. The molecular formula is C18H16FN5OS. The lowest BCUT2D eigenvalue weighted by atomic mass is 10.2. The number of hydrogen-bond acceptors (Lipinski definition) is 5. The molecule has 0 aliphatic heterocycles. The van der Waals surface area contributed by atoms with E-state index in [2.05, 4.69) is 20.7 Å². The molecule has 0 aliphatic rings. The topological polar surface area (TPSA) is 72.2 Å². The molecule has 0 saturated heterocycles. The number of carbonyl (C=O) groups is 1. The molecule has 1 aromatic heterocycles. The van der Waals surface area contributed by atoms with Crippen LogP contribution in [0.3, 0.4) is 0 Å². The smallest absolute Gasteiger partial charge is 0.250 e. The molecule has 26 heavy (non-hydrogen) atoms. The van der Waals surface area contributed by atoms with E-state index in [1.165, 1.54) is 30.1 Å². The van der Waals surface area contributed by atoms with E-state index in [0.29, 0.717) is 10.7 Å². The second-order valence-corrected chi connectivity index (χ2v) is 6.31. The first-order chi connectivity index (χ1) is 12.6. The van der Waals surface area contributed by atoms with E-state index >= 15 is 0 Å². The maximum absolute atomic E-state index is 12.8. The molecule has 0 saturated carbocycles. The molecule has 0 spiro atoms. The Morgan fingerprint density at radius 3 is 2.65 bits per heavy atom. The maximum atomic E-state index is 12.8. The highest BCUT2D eigenvalue weighted by molar-refractivity contribution is 7.99. The van der Waals surface area contributed by atoms with Crippen LogP contribution in [0.15, 0.2) is 64.9 Å². The molecule has 0 radical (unpaired) electrons. The van der Waals surface area contributed by atoms with Crippen molar-refractivity contribution >= 4 is 23.9 Å². The summed E-state index contributed by atoms with van der Waals surface area (Å²) in [5.41, 5.74) is 4.09. The van der Waals surface area contributed by atoms with Crippen molar-refractivity contribution in [2.75, 3.05) is 5.75 Å². The molecule has 1 heterocycles. The second kappa shape index (κ2) is 8.39. The summed E-state index contributed by atoms with van der Waals surface area (Å²) in [6.45, 7) is 0. The Labute approximate surface area is 154 Å². The van der Waals surface area contributed by atoms with Gasteiger partial charge in [-0.15, -0.1) is 10.2 Å². The van der Waals surface area contributed by atoms with Gasteiger partial charge in [0.1, 0.15) is 5.82 Å². The van der Waals surface area contributed by atoms with Gasteiger partial charge in [-0.2, -0.15) is 5.10 Å².